The molecule has 9 heteroatoms. The van der Waals surface area contributed by atoms with E-state index in [1.807, 2.05) is 30.3 Å². The highest BCUT2D eigenvalue weighted by Crippen LogP contribution is 2.33. The molecule has 1 aliphatic rings. The van der Waals surface area contributed by atoms with Crippen LogP contribution >= 0.6 is 11.8 Å². The Bertz CT molecular complexity index is 1270. The Balaban J connectivity index is 1.50. The number of amides is 2. The van der Waals surface area contributed by atoms with Gasteiger partial charge in [-0.3, -0.25) is 14.5 Å². The van der Waals surface area contributed by atoms with Crippen molar-refractivity contribution in [2.45, 2.75) is 18.2 Å². The van der Waals surface area contributed by atoms with Gasteiger partial charge in [0.25, 0.3) is 0 Å². The smallest absolute Gasteiger partial charge is 0.337 e. The first kappa shape index (κ1) is 24.2. The molecule has 7 nitrogen and oxygen atoms in total. The van der Waals surface area contributed by atoms with Crippen molar-refractivity contribution in [2.75, 3.05) is 12.4 Å². The van der Waals surface area contributed by atoms with Gasteiger partial charge in [-0.25, -0.2) is 14.2 Å². The number of aliphatic imine (C=N–C) groups is 1. The van der Waals surface area contributed by atoms with E-state index < -0.39 is 17.0 Å². The fourth-order valence-electron chi connectivity index (χ4n) is 3.48. The van der Waals surface area contributed by atoms with Crippen LogP contribution < -0.4 is 5.32 Å². The van der Waals surface area contributed by atoms with Crippen molar-refractivity contribution in [1.29, 1.82) is 0 Å². The number of anilines is 1. The summed E-state index contributed by atoms with van der Waals surface area (Å²) in [6.07, 6.45) is -0.0737. The molecular formula is C26H22FN3O4S. The van der Waals surface area contributed by atoms with E-state index in [9.17, 15) is 18.8 Å². The molecule has 0 radical (unpaired) electrons. The van der Waals surface area contributed by atoms with Gasteiger partial charge in [0.2, 0.25) is 11.8 Å². The number of nitrogens with one attached hydrogen (secondary N) is 1. The van der Waals surface area contributed by atoms with Crippen molar-refractivity contribution in [3.63, 3.8) is 0 Å². The van der Waals surface area contributed by atoms with Gasteiger partial charge in [-0.05, 0) is 48.0 Å². The Hall–Kier alpha value is -3.98. The number of rotatable bonds is 7. The molecule has 1 aliphatic heterocycles. The van der Waals surface area contributed by atoms with Crippen molar-refractivity contribution in [3.8, 4) is 0 Å². The van der Waals surface area contributed by atoms with Crippen LogP contribution in [0.25, 0.3) is 0 Å². The molecule has 1 atom stereocenters. The molecule has 0 aliphatic carbocycles. The molecule has 3 aromatic carbocycles. The molecule has 4 rings (SSSR count). The first-order valence-corrected chi connectivity index (χ1v) is 11.7. The molecule has 178 valence electrons. The Kier molecular flexibility index (Phi) is 7.57. The molecule has 1 N–H and O–H groups in total. The van der Waals surface area contributed by atoms with Crippen LogP contribution in [-0.2, 0) is 20.9 Å². The average molecular weight is 492 g/mol. The SMILES string of the molecule is COC(=O)c1ccc(NC(=O)C[C@H]2SC(=Nc3cccc(F)c3)N(Cc3ccccc3)C2=O)cc1. The Labute approximate surface area is 206 Å². The number of esters is 1. The van der Waals surface area contributed by atoms with Crippen molar-refractivity contribution in [3.05, 3.63) is 95.8 Å². The first-order chi connectivity index (χ1) is 16.9. The van der Waals surface area contributed by atoms with Crippen LogP contribution in [0, 0.1) is 5.82 Å². The summed E-state index contributed by atoms with van der Waals surface area (Å²) in [5.74, 6) is -1.50. The second kappa shape index (κ2) is 11.0. The fraction of sp³-hybridized carbons (Fsp3) is 0.154. The minimum atomic E-state index is -0.680. The third-order valence-electron chi connectivity index (χ3n) is 5.20. The lowest BCUT2D eigenvalue weighted by Crippen LogP contribution is -2.33. The Morgan fingerprint density at radius 2 is 1.80 bits per heavy atom. The van der Waals surface area contributed by atoms with Gasteiger partial charge >= 0.3 is 5.97 Å². The van der Waals surface area contributed by atoms with Crippen LogP contribution in [0.1, 0.15) is 22.3 Å². The monoisotopic (exact) mass is 491 g/mol. The lowest BCUT2D eigenvalue weighted by atomic mass is 10.2. The van der Waals surface area contributed by atoms with E-state index in [0.717, 1.165) is 5.56 Å². The fourth-order valence-corrected chi connectivity index (χ4v) is 4.64. The van der Waals surface area contributed by atoms with Gasteiger partial charge in [0, 0.05) is 12.1 Å². The lowest BCUT2D eigenvalue weighted by molar-refractivity contribution is -0.128. The number of halogens is 1. The molecule has 3 aromatic rings. The molecule has 0 aromatic heterocycles. The highest BCUT2D eigenvalue weighted by molar-refractivity contribution is 8.15. The van der Waals surface area contributed by atoms with Gasteiger partial charge < -0.3 is 10.1 Å². The third-order valence-corrected chi connectivity index (χ3v) is 6.37. The summed E-state index contributed by atoms with van der Waals surface area (Å²) in [5, 5.41) is 2.47. The number of nitrogens with zero attached hydrogens (tertiary/aromatic N) is 2. The minimum absolute atomic E-state index is 0.0737. The molecule has 0 spiro atoms. The number of hydrogen-bond donors (Lipinski definition) is 1. The van der Waals surface area contributed by atoms with Crippen LogP contribution in [-0.4, -0.2) is 40.2 Å². The standard InChI is InChI=1S/C26H22FN3O4S/c1-34-25(33)18-10-12-20(13-11-18)28-23(31)15-22-24(32)30(16-17-6-3-2-4-7-17)26(35-22)29-21-9-5-8-19(27)14-21/h2-14,22H,15-16H2,1H3,(H,28,31)/t22-/m1/s1. The second-order valence-corrected chi connectivity index (χ2v) is 8.88. The normalized spacial score (nSPS) is 16.4. The van der Waals surface area contributed by atoms with E-state index in [4.69, 9.17) is 0 Å². The van der Waals surface area contributed by atoms with E-state index in [-0.39, 0.29) is 24.8 Å². The molecule has 0 saturated carbocycles. The van der Waals surface area contributed by atoms with Gasteiger partial charge in [0.05, 0.1) is 24.9 Å². The van der Waals surface area contributed by atoms with Crippen molar-refractivity contribution in [1.82, 2.24) is 4.90 Å². The van der Waals surface area contributed by atoms with Crippen LogP contribution in [0.3, 0.4) is 0 Å². The number of carbonyl (C=O) groups is 3. The maximum absolute atomic E-state index is 13.7. The van der Waals surface area contributed by atoms with Gasteiger partial charge in [-0.1, -0.05) is 48.2 Å². The molecule has 1 fully saturated rings. The maximum atomic E-state index is 13.7. The maximum Gasteiger partial charge on any atom is 0.337 e. The first-order valence-electron chi connectivity index (χ1n) is 10.8. The number of methoxy groups -OCH3 is 1. The second-order valence-electron chi connectivity index (χ2n) is 7.71. The van der Waals surface area contributed by atoms with E-state index in [0.29, 0.717) is 22.1 Å². The van der Waals surface area contributed by atoms with Gasteiger partial charge in [0.1, 0.15) is 11.1 Å². The van der Waals surface area contributed by atoms with Gasteiger partial charge in [0.15, 0.2) is 5.17 Å². The van der Waals surface area contributed by atoms with Gasteiger partial charge in [-0.2, -0.15) is 0 Å². The number of ether oxygens (including phenoxy) is 1. The topological polar surface area (TPSA) is 88.1 Å². The number of thioether (sulfide) groups is 1. The zero-order valence-electron chi connectivity index (χ0n) is 18.8. The molecule has 0 bridgehead atoms. The molecule has 0 unspecified atom stereocenters. The minimum Gasteiger partial charge on any atom is -0.465 e. The summed E-state index contributed by atoms with van der Waals surface area (Å²) in [6.45, 7) is 0.286. The Morgan fingerprint density at radius 3 is 2.49 bits per heavy atom. The molecule has 1 heterocycles. The number of carbonyl (C=O) groups excluding carboxylic acids is 3. The largest absolute Gasteiger partial charge is 0.465 e. The zero-order chi connectivity index (χ0) is 24.8. The van der Waals surface area contributed by atoms with E-state index >= 15 is 0 Å². The van der Waals surface area contributed by atoms with E-state index in [1.54, 1.807) is 36.4 Å². The number of hydrogen-bond acceptors (Lipinski definition) is 6. The zero-order valence-corrected chi connectivity index (χ0v) is 19.6. The number of benzene rings is 3. The average Bonchev–Trinajstić information content (AvgIpc) is 3.13. The van der Waals surface area contributed by atoms with Crippen LogP contribution in [0.4, 0.5) is 15.8 Å². The summed E-state index contributed by atoms with van der Waals surface area (Å²) < 4.78 is 18.3. The van der Waals surface area contributed by atoms with Crippen molar-refractivity contribution < 1.29 is 23.5 Å². The molecule has 2 amide bonds. The highest BCUT2D eigenvalue weighted by Gasteiger charge is 2.39. The quantitative estimate of drug-likeness (QED) is 0.481. The van der Waals surface area contributed by atoms with Gasteiger partial charge in [-0.15, -0.1) is 0 Å². The molecule has 35 heavy (non-hydrogen) atoms. The summed E-state index contributed by atoms with van der Waals surface area (Å²) in [6, 6.07) is 21.5. The predicted octanol–water partition coefficient (Wildman–Crippen LogP) is 4.77. The van der Waals surface area contributed by atoms with Crippen LogP contribution in [0.15, 0.2) is 83.9 Å². The lowest BCUT2D eigenvalue weighted by Gasteiger charge is -2.16. The summed E-state index contributed by atoms with van der Waals surface area (Å²) in [4.78, 5) is 43.5. The summed E-state index contributed by atoms with van der Waals surface area (Å²) in [5.41, 5.74) is 2.15. The van der Waals surface area contributed by atoms with Crippen LogP contribution in [0.2, 0.25) is 0 Å². The van der Waals surface area contributed by atoms with Crippen molar-refractivity contribution in [2.24, 2.45) is 4.99 Å². The molecular weight excluding hydrogens is 469 g/mol. The third kappa shape index (κ3) is 6.13. The van der Waals surface area contributed by atoms with E-state index in [2.05, 4.69) is 15.0 Å². The molecule has 1 saturated heterocycles. The number of amidine groups is 1. The highest BCUT2D eigenvalue weighted by atomic mass is 32.2. The van der Waals surface area contributed by atoms with Crippen LogP contribution in [0.5, 0.6) is 0 Å². The summed E-state index contributed by atoms with van der Waals surface area (Å²) in [7, 11) is 1.29. The van der Waals surface area contributed by atoms with E-state index in [1.165, 1.54) is 35.9 Å². The summed E-state index contributed by atoms with van der Waals surface area (Å²) >= 11 is 1.18. The predicted molar refractivity (Wildman–Crippen MR) is 133 cm³/mol. The Morgan fingerprint density at radius 1 is 1.06 bits per heavy atom. The van der Waals surface area contributed by atoms with Crippen molar-refractivity contribution >= 4 is 46.1 Å².